The quantitative estimate of drug-likeness (QED) is 0.837. The van der Waals surface area contributed by atoms with E-state index in [0.29, 0.717) is 10.5 Å². The van der Waals surface area contributed by atoms with Gasteiger partial charge in [-0.05, 0) is 12.5 Å². The summed E-state index contributed by atoms with van der Waals surface area (Å²) < 4.78 is 62.3. The molecule has 1 amide bonds. The van der Waals surface area contributed by atoms with Gasteiger partial charge in [0.2, 0.25) is 15.9 Å². The molecule has 0 N–H and O–H groups in total. The number of carbonyl (C=O) groups is 1. The topological polar surface area (TPSA) is 57.7 Å². The molecule has 1 heterocycles. The van der Waals surface area contributed by atoms with Gasteiger partial charge in [0.25, 0.3) is 0 Å². The van der Waals surface area contributed by atoms with E-state index in [9.17, 15) is 26.4 Å². The van der Waals surface area contributed by atoms with Gasteiger partial charge < -0.3 is 4.90 Å². The first-order valence-corrected chi connectivity index (χ1v) is 8.06. The highest BCUT2D eigenvalue weighted by Crippen LogP contribution is 2.22. The van der Waals surface area contributed by atoms with E-state index in [4.69, 9.17) is 0 Å². The van der Waals surface area contributed by atoms with Crippen molar-refractivity contribution >= 4 is 15.9 Å². The summed E-state index contributed by atoms with van der Waals surface area (Å²) in [5.74, 6) is -1.19. The Morgan fingerprint density at radius 3 is 2.55 bits per heavy atom. The van der Waals surface area contributed by atoms with Gasteiger partial charge in [0, 0.05) is 0 Å². The Balaban J connectivity index is 2.09. The van der Waals surface area contributed by atoms with E-state index < -0.39 is 41.9 Å². The molecule has 0 aliphatic carbocycles. The van der Waals surface area contributed by atoms with Crippen LogP contribution in [0, 0.1) is 6.92 Å². The molecule has 0 aromatic heterocycles. The summed E-state index contributed by atoms with van der Waals surface area (Å²) in [4.78, 5) is 12.0. The summed E-state index contributed by atoms with van der Waals surface area (Å²) in [5.41, 5.74) is 1.41. The molecule has 1 saturated heterocycles. The molecule has 1 aromatic carbocycles. The summed E-state index contributed by atoms with van der Waals surface area (Å²) in [6.45, 7) is -0.750. The second kappa shape index (κ2) is 5.88. The van der Waals surface area contributed by atoms with Gasteiger partial charge in [0.15, 0.2) is 0 Å². The highest BCUT2D eigenvalue weighted by atomic mass is 32.2. The summed E-state index contributed by atoms with van der Waals surface area (Å²) >= 11 is 0. The maximum Gasteiger partial charge on any atom is 0.406 e. The third-order valence-corrected chi connectivity index (χ3v) is 4.92. The number of hydrogen-bond donors (Lipinski definition) is 0. The Kier molecular flexibility index (Phi) is 4.48. The predicted molar refractivity (Wildman–Crippen MR) is 73.1 cm³/mol. The monoisotopic (exact) mass is 336 g/mol. The maximum atomic E-state index is 12.3. The van der Waals surface area contributed by atoms with Gasteiger partial charge in [-0.15, -0.1) is 0 Å². The van der Waals surface area contributed by atoms with E-state index in [1.54, 1.807) is 31.2 Å². The molecule has 0 saturated carbocycles. The molecule has 0 spiro atoms. The van der Waals surface area contributed by atoms with E-state index in [-0.39, 0.29) is 5.75 Å². The Hall–Kier alpha value is -1.61. The van der Waals surface area contributed by atoms with Crippen LogP contribution in [0.3, 0.4) is 0 Å². The minimum Gasteiger partial charge on any atom is -0.318 e. The normalized spacial score (nSPS) is 17.3. The Morgan fingerprint density at radius 1 is 1.27 bits per heavy atom. The van der Waals surface area contributed by atoms with Gasteiger partial charge >= 0.3 is 6.18 Å². The number of carbonyl (C=O) groups excluding carboxylic acids is 1. The van der Waals surface area contributed by atoms with Crippen LogP contribution in [-0.2, 0) is 20.6 Å². The lowest BCUT2D eigenvalue weighted by molar-refractivity contribution is -0.157. The molecule has 1 fully saturated rings. The minimum absolute atomic E-state index is 0.345. The van der Waals surface area contributed by atoms with Gasteiger partial charge in [0.05, 0.1) is 19.0 Å². The average Bonchev–Trinajstić information content (AvgIpc) is 2.69. The van der Waals surface area contributed by atoms with E-state index in [2.05, 4.69) is 0 Å². The summed E-state index contributed by atoms with van der Waals surface area (Å²) in [6, 6.07) is 6.81. The highest BCUT2D eigenvalue weighted by Gasteiger charge is 2.41. The van der Waals surface area contributed by atoms with Crippen molar-refractivity contribution in [2.45, 2.75) is 18.9 Å². The van der Waals surface area contributed by atoms with Gasteiger partial charge in [-0.3, -0.25) is 4.79 Å². The predicted octanol–water partition coefficient (Wildman–Crippen LogP) is 1.49. The largest absolute Gasteiger partial charge is 0.406 e. The van der Waals surface area contributed by atoms with Crippen LogP contribution in [0.15, 0.2) is 24.3 Å². The molecule has 1 aromatic rings. The van der Waals surface area contributed by atoms with Gasteiger partial charge in [-0.2, -0.15) is 17.5 Å². The molecule has 1 aliphatic rings. The van der Waals surface area contributed by atoms with E-state index in [1.807, 2.05) is 0 Å². The molecule has 22 heavy (non-hydrogen) atoms. The number of nitrogens with zero attached hydrogens (tertiary/aromatic N) is 2. The second-order valence-corrected chi connectivity index (χ2v) is 7.17. The minimum atomic E-state index is -4.55. The molecule has 0 bridgehead atoms. The first kappa shape index (κ1) is 16.8. The fourth-order valence-electron chi connectivity index (χ4n) is 2.21. The Bertz CT molecular complexity index is 673. The summed E-state index contributed by atoms with van der Waals surface area (Å²) in [7, 11) is -3.85. The lowest BCUT2D eigenvalue weighted by Crippen LogP contribution is -2.37. The number of halogens is 3. The van der Waals surface area contributed by atoms with Crippen molar-refractivity contribution in [1.82, 2.24) is 9.21 Å². The van der Waals surface area contributed by atoms with Crippen molar-refractivity contribution in [3.05, 3.63) is 35.4 Å². The highest BCUT2D eigenvalue weighted by molar-refractivity contribution is 7.88. The van der Waals surface area contributed by atoms with Crippen LogP contribution in [-0.4, -0.2) is 49.5 Å². The molecule has 0 unspecified atom stereocenters. The molecule has 0 atom stereocenters. The zero-order valence-corrected chi connectivity index (χ0v) is 12.6. The van der Waals surface area contributed by atoms with Crippen LogP contribution in [0.1, 0.15) is 11.1 Å². The zero-order valence-electron chi connectivity index (χ0n) is 11.8. The van der Waals surface area contributed by atoms with Crippen LogP contribution in [0.5, 0.6) is 0 Å². The van der Waals surface area contributed by atoms with E-state index in [0.717, 1.165) is 9.87 Å². The van der Waals surface area contributed by atoms with Crippen molar-refractivity contribution in [2.24, 2.45) is 0 Å². The molecular formula is C13H15F3N2O3S. The third-order valence-electron chi connectivity index (χ3n) is 3.19. The van der Waals surface area contributed by atoms with Gasteiger partial charge in [-0.1, -0.05) is 29.8 Å². The van der Waals surface area contributed by atoms with Crippen LogP contribution in [0.4, 0.5) is 13.2 Å². The average molecular weight is 336 g/mol. The first-order valence-electron chi connectivity index (χ1n) is 6.45. The maximum absolute atomic E-state index is 12.3. The number of aryl methyl sites for hydroxylation is 1. The number of hydrogen-bond acceptors (Lipinski definition) is 3. The van der Waals surface area contributed by atoms with Gasteiger partial charge in [0.1, 0.15) is 6.54 Å². The third kappa shape index (κ3) is 4.20. The van der Waals surface area contributed by atoms with Crippen LogP contribution in [0.2, 0.25) is 0 Å². The van der Waals surface area contributed by atoms with Crippen molar-refractivity contribution in [2.75, 3.05) is 19.8 Å². The summed E-state index contributed by atoms with van der Waals surface area (Å²) in [6.07, 6.45) is -4.55. The number of benzene rings is 1. The number of alkyl halides is 3. The van der Waals surface area contributed by atoms with Crippen LogP contribution in [0.25, 0.3) is 0 Å². The lowest BCUT2D eigenvalue weighted by atomic mass is 10.2. The summed E-state index contributed by atoms with van der Waals surface area (Å²) in [5, 5.41) is 0. The molecule has 5 nitrogen and oxygen atoms in total. The molecule has 2 rings (SSSR count). The molecule has 0 radical (unpaired) electrons. The zero-order chi connectivity index (χ0) is 16.5. The molecule has 9 heteroatoms. The smallest absolute Gasteiger partial charge is 0.318 e. The van der Waals surface area contributed by atoms with Crippen molar-refractivity contribution < 1.29 is 26.4 Å². The Morgan fingerprint density at radius 2 is 1.95 bits per heavy atom. The second-order valence-electron chi connectivity index (χ2n) is 5.20. The van der Waals surface area contributed by atoms with Crippen molar-refractivity contribution in [3.8, 4) is 0 Å². The fourth-order valence-corrected chi connectivity index (χ4v) is 3.62. The Labute approximate surface area is 126 Å². The number of rotatable bonds is 4. The first-order chi connectivity index (χ1) is 10.1. The fraction of sp³-hybridized carbons (Fsp3) is 0.462. The van der Waals surface area contributed by atoms with Crippen molar-refractivity contribution in [3.63, 3.8) is 0 Å². The molecular weight excluding hydrogens is 321 g/mol. The number of sulfonamides is 1. The van der Waals surface area contributed by atoms with Gasteiger partial charge in [-0.25, -0.2) is 8.42 Å². The number of amides is 1. The van der Waals surface area contributed by atoms with E-state index >= 15 is 0 Å². The van der Waals surface area contributed by atoms with Crippen molar-refractivity contribution in [1.29, 1.82) is 0 Å². The SMILES string of the molecule is Cc1cccc(CS(=O)(=O)N2CC(=O)N(CC(F)(F)F)C2)c1. The lowest BCUT2D eigenvalue weighted by Gasteiger charge is -2.19. The molecule has 122 valence electrons. The standard InChI is InChI=1S/C13H15F3N2O3S/c1-10-3-2-4-11(5-10)7-22(20,21)18-6-12(19)17(9-18)8-13(14,15)16/h2-5H,6-9H2,1H3. The van der Waals surface area contributed by atoms with E-state index in [1.165, 1.54) is 0 Å². The molecule has 1 aliphatic heterocycles. The van der Waals surface area contributed by atoms with Crippen LogP contribution >= 0.6 is 0 Å². The van der Waals surface area contributed by atoms with Crippen LogP contribution < -0.4 is 0 Å².